The van der Waals surface area contributed by atoms with Crippen molar-refractivity contribution in [1.29, 1.82) is 0 Å². The van der Waals surface area contributed by atoms with Crippen LogP contribution in [0.5, 0.6) is 0 Å². The van der Waals surface area contributed by atoms with Gasteiger partial charge in [-0.2, -0.15) is 0 Å². The number of amides is 2. The van der Waals surface area contributed by atoms with E-state index in [1.54, 1.807) is 0 Å². The van der Waals surface area contributed by atoms with Gasteiger partial charge in [0.2, 0.25) is 5.96 Å². The second-order valence-corrected chi connectivity index (χ2v) is 4.03. The van der Waals surface area contributed by atoms with E-state index in [0.29, 0.717) is 5.96 Å². The Bertz CT molecular complexity index is 286. The lowest BCUT2D eigenvalue weighted by atomic mass is 10.1. The van der Waals surface area contributed by atoms with Crippen molar-refractivity contribution in [3.8, 4) is 0 Å². The number of carbonyl (C=O) groups excluding carboxylic acids is 2. The molecule has 1 saturated heterocycles. The van der Waals surface area contributed by atoms with E-state index >= 15 is 0 Å². The summed E-state index contributed by atoms with van der Waals surface area (Å²) in [6.07, 6.45) is 7.00. The largest absolute Gasteiger partial charge is 0.316 e. The molecule has 0 aromatic carbocycles. The number of hydrogen-bond acceptors (Lipinski definition) is 3. The Hall–Kier alpha value is -1.39. The van der Waals surface area contributed by atoms with Gasteiger partial charge in [-0.1, -0.05) is 25.7 Å². The molecule has 0 aromatic rings. The molecule has 5 nitrogen and oxygen atoms in total. The molecule has 0 radical (unpaired) electrons. The predicted octanol–water partition coefficient (Wildman–Crippen LogP) is 0.311. The minimum atomic E-state index is -0.609. The fourth-order valence-electron chi connectivity index (χ4n) is 1.99. The average molecular weight is 209 g/mol. The lowest BCUT2D eigenvalue weighted by molar-refractivity contribution is -0.135. The van der Waals surface area contributed by atoms with E-state index in [0.717, 1.165) is 12.8 Å². The third-order valence-electron chi connectivity index (χ3n) is 2.81. The van der Waals surface area contributed by atoms with Gasteiger partial charge in [0.25, 0.3) is 0 Å². The average Bonchev–Trinajstić information content (AvgIpc) is 2.45. The molecule has 0 atom stereocenters. The number of nitrogens with zero attached hydrogens (tertiary/aromatic N) is 1. The minimum Gasteiger partial charge on any atom is -0.288 e. The van der Waals surface area contributed by atoms with Gasteiger partial charge in [0, 0.05) is 0 Å². The van der Waals surface area contributed by atoms with Crippen LogP contribution in [0.4, 0.5) is 0 Å². The third-order valence-corrected chi connectivity index (χ3v) is 2.81. The molecule has 5 heteroatoms. The van der Waals surface area contributed by atoms with Crippen LogP contribution in [0.3, 0.4) is 0 Å². The van der Waals surface area contributed by atoms with E-state index < -0.39 is 11.8 Å². The molecule has 0 aromatic heterocycles. The zero-order valence-corrected chi connectivity index (χ0v) is 8.58. The fraction of sp³-hybridized carbons (Fsp3) is 0.700. The Kier molecular flexibility index (Phi) is 2.99. The molecule has 0 bridgehead atoms. The Morgan fingerprint density at radius 1 is 0.933 bits per heavy atom. The lowest BCUT2D eigenvalue weighted by Gasteiger charge is -2.08. The first kappa shape index (κ1) is 10.1. The van der Waals surface area contributed by atoms with Crippen molar-refractivity contribution in [3.63, 3.8) is 0 Å². The van der Waals surface area contributed by atoms with Crippen LogP contribution in [0, 0.1) is 0 Å². The van der Waals surface area contributed by atoms with Crippen LogP contribution in [0.15, 0.2) is 4.99 Å². The molecule has 2 rings (SSSR count). The highest BCUT2D eigenvalue weighted by atomic mass is 16.2. The highest BCUT2D eigenvalue weighted by molar-refractivity contribution is 6.45. The molecule has 2 aliphatic rings. The number of carbonyl (C=O) groups is 2. The summed E-state index contributed by atoms with van der Waals surface area (Å²) >= 11 is 0. The summed E-state index contributed by atoms with van der Waals surface area (Å²) in [4.78, 5) is 26.1. The molecule has 2 fully saturated rings. The Morgan fingerprint density at radius 3 is 2.00 bits per heavy atom. The molecule has 2 N–H and O–H groups in total. The van der Waals surface area contributed by atoms with Gasteiger partial charge in [-0.3, -0.25) is 20.2 Å². The number of rotatable bonds is 1. The van der Waals surface area contributed by atoms with Crippen LogP contribution in [-0.4, -0.2) is 23.8 Å². The molecule has 15 heavy (non-hydrogen) atoms. The third kappa shape index (κ3) is 2.55. The standard InChI is InChI=1S/C10H15N3O2/c14-8-9(15)13-10(12-8)11-7-5-3-1-2-4-6-7/h7H,1-6H2,(H2,11,12,13,14,15). The molecule has 0 spiro atoms. The van der Waals surface area contributed by atoms with Crippen LogP contribution >= 0.6 is 0 Å². The number of guanidine groups is 1. The second-order valence-electron chi connectivity index (χ2n) is 4.03. The molecule has 1 aliphatic carbocycles. The van der Waals surface area contributed by atoms with E-state index in [1.807, 2.05) is 0 Å². The molecular formula is C10H15N3O2. The van der Waals surface area contributed by atoms with Gasteiger partial charge in [-0.05, 0) is 12.8 Å². The van der Waals surface area contributed by atoms with Crippen molar-refractivity contribution in [2.24, 2.45) is 4.99 Å². The smallest absolute Gasteiger partial charge is 0.288 e. The molecule has 1 saturated carbocycles. The van der Waals surface area contributed by atoms with Crippen LogP contribution in [0.1, 0.15) is 38.5 Å². The Labute approximate surface area is 88.3 Å². The first-order valence-electron chi connectivity index (χ1n) is 5.46. The van der Waals surface area contributed by atoms with Gasteiger partial charge in [0.05, 0.1) is 6.04 Å². The van der Waals surface area contributed by atoms with Gasteiger partial charge in [-0.15, -0.1) is 0 Å². The Balaban J connectivity index is 1.97. The van der Waals surface area contributed by atoms with Crippen molar-refractivity contribution in [3.05, 3.63) is 0 Å². The minimum absolute atomic E-state index is 0.251. The maximum Gasteiger partial charge on any atom is 0.316 e. The SMILES string of the molecule is O=C1NC(=NC2CCCCCC2)NC1=O. The second kappa shape index (κ2) is 4.42. The van der Waals surface area contributed by atoms with Crippen LogP contribution < -0.4 is 10.6 Å². The van der Waals surface area contributed by atoms with Gasteiger partial charge in [0.15, 0.2) is 0 Å². The summed E-state index contributed by atoms with van der Waals surface area (Å²) in [5.74, 6) is -0.887. The molecule has 2 amide bonds. The van der Waals surface area contributed by atoms with Crippen molar-refractivity contribution >= 4 is 17.8 Å². The first-order valence-corrected chi connectivity index (χ1v) is 5.46. The van der Waals surface area contributed by atoms with E-state index in [4.69, 9.17) is 0 Å². The predicted molar refractivity (Wildman–Crippen MR) is 55.2 cm³/mol. The molecule has 82 valence electrons. The summed E-state index contributed by atoms with van der Waals surface area (Å²) in [7, 11) is 0. The van der Waals surface area contributed by atoms with Crippen LogP contribution in [-0.2, 0) is 9.59 Å². The number of hydrogen-bond donors (Lipinski definition) is 2. The number of aliphatic imine (C=N–C) groups is 1. The zero-order valence-electron chi connectivity index (χ0n) is 8.58. The van der Waals surface area contributed by atoms with Gasteiger partial charge in [-0.25, -0.2) is 4.99 Å². The molecule has 1 heterocycles. The quantitative estimate of drug-likeness (QED) is 0.482. The lowest BCUT2D eigenvalue weighted by Crippen LogP contribution is -2.27. The van der Waals surface area contributed by atoms with Crippen LogP contribution in [0.25, 0.3) is 0 Å². The van der Waals surface area contributed by atoms with Crippen molar-refractivity contribution in [2.45, 2.75) is 44.6 Å². The van der Waals surface area contributed by atoms with E-state index in [1.165, 1.54) is 25.7 Å². The van der Waals surface area contributed by atoms with Crippen molar-refractivity contribution < 1.29 is 9.59 Å². The first-order chi connectivity index (χ1) is 7.25. The normalized spacial score (nSPS) is 23.3. The topological polar surface area (TPSA) is 70.6 Å². The summed E-state index contributed by atoms with van der Waals surface area (Å²) in [5.41, 5.74) is 0. The highest BCUT2D eigenvalue weighted by Crippen LogP contribution is 2.19. The van der Waals surface area contributed by atoms with Crippen molar-refractivity contribution in [2.75, 3.05) is 0 Å². The fourth-order valence-corrected chi connectivity index (χ4v) is 1.99. The van der Waals surface area contributed by atoms with Crippen molar-refractivity contribution in [1.82, 2.24) is 10.6 Å². The number of nitrogens with one attached hydrogen (secondary N) is 2. The summed E-state index contributed by atoms with van der Waals surface area (Å²) in [6.45, 7) is 0. The Morgan fingerprint density at radius 2 is 1.47 bits per heavy atom. The van der Waals surface area contributed by atoms with Gasteiger partial charge < -0.3 is 0 Å². The molecule has 0 unspecified atom stereocenters. The summed E-state index contributed by atoms with van der Waals surface area (Å²) < 4.78 is 0. The monoisotopic (exact) mass is 209 g/mol. The zero-order chi connectivity index (χ0) is 10.7. The maximum absolute atomic E-state index is 10.9. The van der Waals surface area contributed by atoms with E-state index in [9.17, 15) is 9.59 Å². The molecule has 1 aliphatic heterocycles. The maximum atomic E-state index is 10.9. The summed E-state index contributed by atoms with van der Waals surface area (Å²) in [5, 5.41) is 4.84. The molecular weight excluding hydrogens is 194 g/mol. The van der Waals surface area contributed by atoms with E-state index in [2.05, 4.69) is 15.6 Å². The van der Waals surface area contributed by atoms with Crippen LogP contribution in [0.2, 0.25) is 0 Å². The van der Waals surface area contributed by atoms with Gasteiger partial charge >= 0.3 is 11.8 Å². The summed E-state index contributed by atoms with van der Waals surface area (Å²) in [6, 6.07) is 0.251. The van der Waals surface area contributed by atoms with E-state index in [-0.39, 0.29) is 6.04 Å². The highest BCUT2D eigenvalue weighted by Gasteiger charge is 2.26. The van der Waals surface area contributed by atoms with Gasteiger partial charge in [0.1, 0.15) is 0 Å².